The second-order valence-electron chi connectivity index (χ2n) is 15.9. The maximum atomic E-state index is 14.4. The maximum Gasteiger partial charge on any atom is 0.410 e. The van der Waals surface area contributed by atoms with Crippen molar-refractivity contribution >= 4 is 47.1 Å². The second-order valence-corrected chi connectivity index (χ2v) is 16.7. The van der Waals surface area contributed by atoms with Crippen LogP contribution in [0.4, 0.5) is 4.79 Å². The summed E-state index contributed by atoms with van der Waals surface area (Å²) in [6.45, 7) is 12.1. The molecule has 0 aromatic heterocycles. The van der Waals surface area contributed by atoms with E-state index in [0.717, 1.165) is 22.3 Å². The Bertz CT molecular complexity index is 2120. The van der Waals surface area contributed by atoms with Crippen LogP contribution in [0.5, 0.6) is 5.75 Å². The smallest absolute Gasteiger partial charge is 0.410 e. The van der Waals surface area contributed by atoms with E-state index in [-0.39, 0.29) is 40.7 Å². The van der Waals surface area contributed by atoms with Crippen LogP contribution in [0.2, 0.25) is 10.0 Å². The molecule has 4 N–H and O–H groups in total. The topological polar surface area (TPSA) is 154 Å². The zero-order valence-electron chi connectivity index (χ0n) is 34.7. The van der Waals surface area contributed by atoms with E-state index in [1.54, 1.807) is 37.3 Å². The summed E-state index contributed by atoms with van der Waals surface area (Å²) in [5.41, 5.74) is 3.42. The van der Waals surface area contributed by atoms with Crippen LogP contribution in [-0.2, 0) is 30.3 Å². The fraction of sp³-hybridized carbons (Fsp3) is 0.362. The highest BCUT2D eigenvalue weighted by Gasteiger charge is 2.41. The summed E-state index contributed by atoms with van der Waals surface area (Å²) in [6.07, 6.45) is 0.376. The number of rotatable bonds is 17. The van der Waals surface area contributed by atoms with Gasteiger partial charge in [0.15, 0.2) is 11.8 Å². The van der Waals surface area contributed by atoms with Gasteiger partial charge in [0, 0.05) is 25.3 Å². The summed E-state index contributed by atoms with van der Waals surface area (Å²) in [6, 6.07) is 23.6. The first kappa shape index (κ1) is 45.7. The number of amides is 3. The number of ether oxygens (including phenoxy) is 2. The first-order valence-electron chi connectivity index (χ1n) is 19.9. The highest BCUT2D eigenvalue weighted by molar-refractivity contribution is 6.37. The lowest BCUT2D eigenvalue weighted by atomic mass is 9.95. The molecule has 6 atom stereocenters. The van der Waals surface area contributed by atoms with E-state index in [0.29, 0.717) is 17.5 Å². The summed E-state index contributed by atoms with van der Waals surface area (Å²) in [5.74, 6) is -3.77. The molecule has 1 aliphatic rings. The van der Waals surface area contributed by atoms with Gasteiger partial charge in [-0.05, 0) is 65.3 Å². The highest BCUT2D eigenvalue weighted by atomic mass is 35.5. The van der Waals surface area contributed by atoms with Crippen LogP contribution in [-0.4, -0.2) is 76.4 Å². The molecule has 4 aromatic rings. The number of esters is 1. The molecule has 318 valence electrons. The number of aromatic hydroxyl groups is 1. The molecule has 0 bridgehead atoms. The highest BCUT2D eigenvalue weighted by Crippen LogP contribution is 2.44. The third-order valence-corrected chi connectivity index (χ3v) is 11.7. The van der Waals surface area contributed by atoms with Crippen LogP contribution in [0.15, 0.2) is 104 Å². The van der Waals surface area contributed by atoms with Crippen molar-refractivity contribution in [2.75, 3.05) is 13.7 Å². The van der Waals surface area contributed by atoms with Crippen LogP contribution >= 0.6 is 23.2 Å². The molecule has 60 heavy (non-hydrogen) atoms. The van der Waals surface area contributed by atoms with Gasteiger partial charge in [0.25, 0.3) is 0 Å². The number of aliphatic hydroxyl groups is 1. The van der Waals surface area contributed by atoms with Crippen LogP contribution in [0, 0.1) is 11.8 Å². The number of carbonyl (C=O) groups excluding carboxylic acids is 4. The largest absolute Gasteiger partial charge is 0.505 e. The van der Waals surface area contributed by atoms with Crippen molar-refractivity contribution < 1.29 is 38.9 Å². The minimum Gasteiger partial charge on any atom is -0.505 e. The van der Waals surface area contributed by atoms with Gasteiger partial charge in [0.2, 0.25) is 11.8 Å². The van der Waals surface area contributed by atoms with E-state index in [2.05, 4.69) is 17.2 Å². The molecule has 0 heterocycles. The van der Waals surface area contributed by atoms with Crippen molar-refractivity contribution in [2.24, 2.45) is 11.8 Å². The van der Waals surface area contributed by atoms with Crippen molar-refractivity contribution in [1.29, 1.82) is 0 Å². The molecule has 0 aliphatic heterocycles. The van der Waals surface area contributed by atoms with Gasteiger partial charge in [-0.2, -0.15) is 0 Å². The monoisotopic (exact) mass is 857 g/mol. The molecule has 0 fully saturated rings. The quantitative estimate of drug-likeness (QED) is 0.0610. The number of nitrogens with one attached hydrogen (secondary N) is 2. The van der Waals surface area contributed by atoms with Gasteiger partial charge >= 0.3 is 12.1 Å². The Morgan fingerprint density at radius 3 is 1.97 bits per heavy atom. The van der Waals surface area contributed by atoms with Crippen molar-refractivity contribution in [2.45, 2.75) is 83.2 Å². The van der Waals surface area contributed by atoms with Gasteiger partial charge in [-0.15, -0.1) is 6.58 Å². The van der Waals surface area contributed by atoms with Crippen molar-refractivity contribution in [3.63, 3.8) is 0 Å². The SMILES string of the molecule is C=C[C@@H](C)[C@H](OC(=O)[C@@H](NC(=O)[C@@H](Cc1cc(Cl)c(O)c(Cl)c1)NC(=O)[C@H]([C@@H](C)CC)N(C)C(=O)OCC1c2ccccc2-c2ccccc21)C(C)(C)O)c1ccccc1. The third kappa shape index (κ3) is 10.5. The van der Waals surface area contributed by atoms with Crippen molar-refractivity contribution in [3.05, 3.63) is 136 Å². The zero-order valence-corrected chi connectivity index (χ0v) is 36.2. The van der Waals surface area contributed by atoms with E-state index in [9.17, 15) is 29.4 Å². The van der Waals surface area contributed by atoms with E-state index in [4.69, 9.17) is 32.7 Å². The first-order valence-corrected chi connectivity index (χ1v) is 20.7. The molecule has 0 saturated heterocycles. The number of carbonyl (C=O) groups is 4. The second kappa shape index (κ2) is 19.8. The number of fused-ring (bicyclic) bond motifs is 3. The van der Waals surface area contributed by atoms with Gasteiger partial charge in [0.05, 0.1) is 15.6 Å². The number of hydrogen-bond acceptors (Lipinski definition) is 8. The molecule has 1 aliphatic carbocycles. The molecule has 4 aromatic carbocycles. The Morgan fingerprint density at radius 1 is 0.883 bits per heavy atom. The Balaban J connectivity index is 1.40. The average Bonchev–Trinajstić information content (AvgIpc) is 3.55. The van der Waals surface area contributed by atoms with Crippen molar-refractivity contribution in [1.82, 2.24) is 15.5 Å². The lowest BCUT2D eigenvalue weighted by Gasteiger charge is -2.34. The van der Waals surface area contributed by atoms with Gasteiger partial charge < -0.3 is 30.3 Å². The van der Waals surface area contributed by atoms with Crippen LogP contribution in [0.25, 0.3) is 11.1 Å². The van der Waals surface area contributed by atoms with Gasteiger partial charge in [-0.3, -0.25) is 14.5 Å². The first-order chi connectivity index (χ1) is 28.5. The Morgan fingerprint density at radius 2 is 1.43 bits per heavy atom. The molecular weight excluding hydrogens is 805 g/mol. The maximum absolute atomic E-state index is 14.4. The predicted octanol–water partition coefficient (Wildman–Crippen LogP) is 8.38. The minimum atomic E-state index is -1.84. The lowest BCUT2D eigenvalue weighted by Crippen LogP contribution is -2.61. The summed E-state index contributed by atoms with van der Waals surface area (Å²) in [5, 5.41) is 26.7. The molecule has 0 radical (unpaired) electrons. The van der Waals surface area contributed by atoms with Gasteiger partial charge in [-0.25, -0.2) is 9.59 Å². The number of phenolic OH excluding ortho intramolecular Hbond substituents is 1. The fourth-order valence-electron chi connectivity index (χ4n) is 7.49. The number of halogens is 2. The van der Waals surface area contributed by atoms with Crippen LogP contribution in [0.3, 0.4) is 0 Å². The molecule has 11 nitrogen and oxygen atoms in total. The normalized spacial score (nSPS) is 15.2. The summed E-state index contributed by atoms with van der Waals surface area (Å²) in [7, 11) is 1.47. The van der Waals surface area contributed by atoms with E-state index < -0.39 is 59.6 Å². The Labute approximate surface area is 361 Å². The number of nitrogens with zero attached hydrogens (tertiary/aromatic N) is 1. The van der Waals surface area contributed by atoms with Crippen molar-refractivity contribution in [3.8, 4) is 16.9 Å². The lowest BCUT2D eigenvalue weighted by molar-refractivity contribution is -0.162. The Hall–Kier alpha value is -5.36. The summed E-state index contributed by atoms with van der Waals surface area (Å²) >= 11 is 12.5. The van der Waals surface area contributed by atoms with E-state index >= 15 is 0 Å². The molecule has 0 saturated carbocycles. The predicted molar refractivity (Wildman–Crippen MR) is 233 cm³/mol. The Kier molecular flexibility index (Phi) is 15.1. The van der Waals surface area contributed by atoms with Crippen LogP contribution in [0.1, 0.15) is 75.3 Å². The number of likely N-dealkylation sites (N-methyl/N-ethyl adjacent to an activating group) is 1. The van der Waals surface area contributed by atoms with Gasteiger partial charge in [-0.1, -0.05) is 135 Å². The standard InChI is InChI=1S/C47H53Cl2N3O8/c1-8-27(3)39(52(7)46(57)59-26-35-33-21-15-13-19-31(33)32-20-14-16-22-34(32)35)44(55)50-38(25-29-23-36(48)40(53)37(49)24-29)43(54)51-42(47(5,6)58)45(56)60-41(28(4)9-2)30-17-11-10-12-18-30/h9-24,27-28,35,38-39,41-42,53,58H,2,8,25-26H2,1,3-7H3,(H,50,55)(H,51,54)/t27-,28+,38+,39-,41-,42+/m0/s1. The number of benzene rings is 4. The molecule has 13 heteroatoms. The third-order valence-electron chi connectivity index (χ3n) is 11.1. The molecular formula is C47H53Cl2N3O8. The van der Waals surface area contributed by atoms with E-state index in [1.807, 2.05) is 68.4 Å². The van der Waals surface area contributed by atoms with E-state index in [1.165, 1.54) is 37.9 Å². The van der Waals surface area contributed by atoms with Gasteiger partial charge in [0.1, 0.15) is 24.8 Å². The molecule has 5 rings (SSSR count). The fourth-order valence-corrected chi connectivity index (χ4v) is 8.02. The molecule has 3 amide bonds. The van der Waals surface area contributed by atoms with Crippen LogP contribution < -0.4 is 10.6 Å². The zero-order chi connectivity index (χ0) is 43.9. The minimum absolute atomic E-state index is 0.0323. The number of hydrogen-bond donors (Lipinski definition) is 4. The summed E-state index contributed by atoms with van der Waals surface area (Å²) < 4.78 is 11.9. The average molecular weight is 859 g/mol. The molecule has 0 spiro atoms. The molecule has 0 unspecified atom stereocenters. The number of phenols is 1. The summed E-state index contributed by atoms with van der Waals surface area (Å²) in [4.78, 5) is 57.7.